The second-order valence-electron chi connectivity index (χ2n) is 12.7. The van der Waals surface area contributed by atoms with Crippen molar-refractivity contribution < 1.29 is 85.7 Å². The van der Waals surface area contributed by atoms with Crippen molar-refractivity contribution in [2.75, 3.05) is 63.7 Å². The first-order chi connectivity index (χ1) is 30.5. The average molecular weight is 993 g/mol. The lowest BCUT2D eigenvalue weighted by molar-refractivity contribution is -0.257. The van der Waals surface area contributed by atoms with E-state index in [1.54, 1.807) is 0 Å². The normalized spacial score (nSPS) is 22.7. The third-order valence-electron chi connectivity index (χ3n) is 8.97. The third kappa shape index (κ3) is 10.5. The van der Waals surface area contributed by atoms with Crippen LogP contribution in [0.15, 0.2) is 32.9 Å². The van der Waals surface area contributed by atoms with Crippen molar-refractivity contribution >= 4 is 82.6 Å². The quantitative estimate of drug-likeness (QED) is 0.0305. The molecule has 0 aliphatic carbocycles. The monoisotopic (exact) mass is 992 g/mol. The number of carbonyl (C=O) groups is 6. The number of nitrogens with zero attached hydrogens (tertiary/aromatic N) is 10. The number of alkyl halides is 4. The van der Waals surface area contributed by atoms with Crippen molar-refractivity contribution in [1.82, 2.24) is 60.8 Å². The highest BCUT2D eigenvalue weighted by atomic mass is 32.2. The number of aromatic nitrogens is 8. The number of ether oxygens (including phenoxy) is 4. The minimum absolute atomic E-state index is 0.0569. The molecule has 4 aliphatic heterocycles. The van der Waals surface area contributed by atoms with Gasteiger partial charge in [0.25, 0.3) is 34.8 Å². The molecule has 0 spiro atoms. The van der Waals surface area contributed by atoms with Gasteiger partial charge < -0.3 is 50.0 Å². The predicted octanol–water partition coefficient (Wildman–Crippen LogP) is -2.58. The molecular formula is C30H36F4N12O14S4. The van der Waals surface area contributed by atoms with Crippen LogP contribution in [0, 0.1) is 0 Å². The molecule has 0 saturated carbocycles. The molecule has 0 unspecified atom stereocenters. The number of carboxylic acid groups (broad SMARTS) is 2. The Hall–Kier alpha value is -4.68. The second kappa shape index (κ2) is 22.0. The summed E-state index contributed by atoms with van der Waals surface area (Å²) in [5.74, 6) is -13.1. The van der Waals surface area contributed by atoms with E-state index in [-0.39, 0.29) is 97.1 Å². The summed E-state index contributed by atoms with van der Waals surface area (Å²) in [7, 11) is 2.21. The summed E-state index contributed by atoms with van der Waals surface area (Å²) in [6, 6.07) is 0. The number of aliphatic hydroxyl groups excluding tert-OH is 2. The molecule has 6 N–H and O–H groups in total. The molecule has 4 amide bonds. The van der Waals surface area contributed by atoms with Gasteiger partial charge in [0.15, 0.2) is 12.5 Å². The van der Waals surface area contributed by atoms with Gasteiger partial charge in [-0.2, -0.15) is 17.6 Å². The highest BCUT2D eigenvalue weighted by Gasteiger charge is 2.68. The van der Waals surface area contributed by atoms with Crippen LogP contribution in [-0.2, 0) is 60.8 Å². The average Bonchev–Trinajstić information content (AvgIpc) is 3.92. The van der Waals surface area contributed by atoms with Gasteiger partial charge in [0.05, 0.1) is 51.0 Å². The number of carbonyl (C=O) groups excluding carboxylic acids is 4. The predicted molar refractivity (Wildman–Crippen MR) is 206 cm³/mol. The molecule has 4 aliphatic rings. The van der Waals surface area contributed by atoms with Crippen molar-refractivity contribution in [3.05, 3.63) is 22.5 Å². The molecule has 0 radical (unpaired) electrons. The molecule has 26 nitrogen and oxygen atoms in total. The Balaban J connectivity index is 0.000000241. The van der Waals surface area contributed by atoms with E-state index in [1.165, 1.54) is 9.36 Å². The van der Waals surface area contributed by atoms with E-state index >= 15 is 0 Å². The van der Waals surface area contributed by atoms with Crippen LogP contribution in [0.2, 0.25) is 0 Å². The van der Waals surface area contributed by atoms with Crippen molar-refractivity contribution in [3.8, 4) is 0 Å². The molecule has 2 fully saturated rings. The van der Waals surface area contributed by atoms with E-state index in [0.29, 0.717) is 10.3 Å². The van der Waals surface area contributed by atoms with Crippen LogP contribution >= 0.6 is 47.0 Å². The lowest BCUT2D eigenvalue weighted by atomic mass is 9.94. The standard InChI is InChI=1S/2C15H18F2N6O7S2/c2*1-29-15(18-8(25)6-31-13(16)17)11(28)23-9(10(26)27)7(4-30-12(15)23)5-32-14-19-20-21-22(14)2-3-24/h2*12-13,24H,2-6H2,1H3,(H,18,25)(H,26,27)/t2*12-,15-/m11/s1. The summed E-state index contributed by atoms with van der Waals surface area (Å²) in [5.41, 5.74) is -4.24. The molecule has 6 heterocycles. The van der Waals surface area contributed by atoms with Gasteiger partial charge in [-0.25, -0.2) is 19.0 Å². The maximum absolute atomic E-state index is 12.8. The van der Waals surface area contributed by atoms with E-state index in [1.807, 2.05) is 0 Å². The maximum atomic E-state index is 12.8. The van der Waals surface area contributed by atoms with E-state index in [2.05, 4.69) is 41.7 Å². The first-order valence-electron chi connectivity index (χ1n) is 17.8. The Morgan fingerprint density at radius 3 is 1.42 bits per heavy atom. The Bertz CT molecular complexity index is 2010. The van der Waals surface area contributed by atoms with Gasteiger partial charge in [-0.3, -0.25) is 29.0 Å². The highest BCUT2D eigenvalue weighted by molar-refractivity contribution is 8.00. The molecule has 34 heteroatoms. The van der Waals surface area contributed by atoms with Gasteiger partial charge in [-0.15, -0.1) is 10.2 Å². The van der Waals surface area contributed by atoms with Crippen LogP contribution in [0.1, 0.15) is 0 Å². The first kappa shape index (κ1) is 50.3. The maximum Gasteiger partial charge on any atom is 0.352 e. The second-order valence-corrected chi connectivity index (χ2v) is 16.5. The molecular weight excluding hydrogens is 957 g/mol. The van der Waals surface area contributed by atoms with Crippen molar-refractivity contribution in [1.29, 1.82) is 0 Å². The zero-order chi connectivity index (χ0) is 46.9. The van der Waals surface area contributed by atoms with Crippen LogP contribution in [0.5, 0.6) is 0 Å². The van der Waals surface area contributed by atoms with Crippen LogP contribution in [0.4, 0.5) is 17.6 Å². The molecule has 4 atom stereocenters. The summed E-state index contributed by atoms with van der Waals surface area (Å²) in [4.78, 5) is 75.2. The number of amides is 4. The van der Waals surface area contributed by atoms with Crippen molar-refractivity contribution in [3.63, 3.8) is 0 Å². The molecule has 2 saturated heterocycles. The number of halogens is 4. The lowest BCUT2D eigenvalue weighted by Gasteiger charge is -2.55. The number of tetrazole rings is 2. The highest BCUT2D eigenvalue weighted by Crippen LogP contribution is 2.43. The number of hydrogen-bond acceptors (Lipinski definition) is 22. The smallest absolute Gasteiger partial charge is 0.352 e. The molecule has 352 valence electrons. The zero-order valence-electron chi connectivity index (χ0n) is 32.9. The summed E-state index contributed by atoms with van der Waals surface area (Å²) in [5, 5.41) is 64.5. The fourth-order valence-electron chi connectivity index (χ4n) is 6.25. The molecule has 0 bridgehead atoms. The largest absolute Gasteiger partial charge is 0.477 e. The summed E-state index contributed by atoms with van der Waals surface area (Å²) in [6.45, 7) is -0.536. The van der Waals surface area contributed by atoms with Gasteiger partial charge in [0.2, 0.25) is 22.1 Å². The van der Waals surface area contributed by atoms with E-state index < -0.39 is 82.5 Å². The van der Waals surface area contributed by atoms with Gasteiger partial charge in [-0.05, 0) is 32.0 Å². The molecule has 2 aromatic rings. The number of aliphatic carboxylic acids is 2. The molecule has 0 aromatic carbocycles. The fourth-order valence-corrected chi connectivity index (χ4v) is 8.73. The molecule has 64 heavy (non-hydrogen) atoms. The number of thioether (sulfide) groups is 4. The van der Waals surface area contributed by atoms with Crippen LogP contribution < -0.4 is 10.6 Å². The fraction of sp³-hybridized carbons (Fsp3) is 0.600. The summed E-state index contributed by atoms with van der Waals surface area (Å²) >= 11 is 2.28. The number of carboxylic acids is 2. The van der Waals surface area contributed by atoms with Crippen LogP contribution in [0.25, 0.3) is 0 Å². The number of methoxy groups -OCH3 is 2. The Labute approximate surface area is 373 Å². The Kier molecular flexibility index (Phi) is 17.3. The Morgan fingerprint density at radius 2 is 1.11 bits per heavy atom. The van der Waals surface area contributed by atoms with Crippen molar-refractivity contribution in [2.45, 2.75) is 58.8 Å². The number of nitrogens with one attached hydrogen (secondary N) is 2. The van der Waals surface area contributed by atoms with Crippen molar-refractivity contribution in [2.24, 2.45) is 0 Å². The van der Waals surface area contributed by atoms with Crippen LogP contribution in [-0.4, -0.2) is 205 Å². The number of rotatable bonds is 22. The lowest BCUT2D eigenvalue weighted by Crippen LogP contribution is -2.82. The Morgan fingerprint density at radius 1 is 0.734 bits per heavy atom. The summed E-state index contributed by atoms with van der Waals surface area (Å²) in [6.07, 6.45) is -2.58. The SMILES string of the molecule is CO[C@]1(NC(=O)CSC(F)F)C(=O)N2C(C(=O)O)=C(CSc3nnnn3CCO)CO[C@@H]21.CO[C@]1(NC(=O)CSC(F)F)C(=O)N2C(C(=O)O)=C(CSc3nnnn3CCO)CO[C@@H]21. The molecule has 6 rings (SSSR count). The van der Waals surface area contributed by atoms with Crippen LogP contribution in [0.3, 0.4) is 0 Å². The number of fused-ring (bicyclic) bond motifs is 2. The topological polar surface area (TPSA) is 338 Å². The van der Waals surface area contributed by atoms with E-state index in [9.17, 15) is 56.5 Å². The summed E-state index contributed by atoms with van der Waals surface area (Å²) < 4.78 is 73.4. The van der Waals surface area contributed by atoms with Gasteiger partial charge in [0, 0.05) is 25.7 Å². The van der Waals surface area contributed by atoms with Gasteiger partial charge in [0.1, 0.15) is 11.4 Å². The van der Waals surface area contributed by atoms with Gasteiger partial charge in [-0.1, -0.05) is 47.0 Å². The first-order valence-corrected chi connectivity index (χ1v) is 21.9. The van der Waals surface area contributed by atoms with E-state index in [4.69, 9.17) is 29.2 Å². The number of aliphatic hydroxyl groups is 2. The number of β-lactam (4-membered cyclic amide) rings is 2. The van der Waals surface area contributed by atoms with E-state index in [0.717, 1.165) is 47.5 Å². The minimum atomic E-state index is -2.78. The number of hydrogen-bond donors (Lipinski definition) is 6. The molecule has 2 aromatic heterocycles. The van der Waals surface area contributed by atoms with Gasteiger partial charge >= 0.3 is 11.9 Å². The zero-order valence-corrected chi connectivity index (χ0v) is 36.1. The third-order valence-corrected chi connectivity index (χ3v) is 12.4. The minimum Gasteiger partial charge on any atom is -0.477 e.